The molecule has 1 rings (SSSR count). The van der Waals surface area contributed by atoms with Gasteiger partial charge in [-0.2, -0.15) is 0 Å². The van der Waals surface area contributed by atoms with Gasteiger partial charge in [0, 0.05) is 6.54 Å². The molecule has 0 amide bonds. The summed E-state index contributed by atoms with van der Waals surface area (Å²) >= 11 is 0. The van der Waals surface area contributed by atoms with Crippen LogP contribution in [0.1, 0.15) is 19.5 Å². The van der Waals surface area contributed by atoms with Gasteiger partial charge in [0.1, 0.15) is 6.61 Å². The molecule has 5 nitrogen and oxygen atoms in total. The second kappa shape index (κ2) is 7.14. The fourth-order valence-corrected chi connectivity index (χ4v) is 1.32. The minimum Gasteiger partial charge on any atom is -0.475 e. The Hall–Kier alpha value is -1.20. The van der Waals surface area contributed by atoms with E-state index in [2.05, 4.69) is 28.7 Å². The maximum Gasteiger partial charge on any atom is 0.232 e. The quantitative estimate of drug-likeness (QED) is 0.740. The van der Waals surface area contributed by atoms with Gasteiger partial charge >= 0.3 is 0 Å². The summed E-state index contributed by atoms with van der Waals surface area (Å²) in [6.07, 6.45) is 3.06. The van der Waals surface area contributed by atoms with Crippen LogP contribution in [-0.2, 0) is 6.61 Å². The average Bonchev–Trinajstić information content (AvgIpc) is 2.35. The van der Waals surface area contributed by atoms with Crippen molar-refractivity contribution in [2.75, 3.05) is 26.2 Å². The van der Waals surface area contributed by atoms with Gasteiger partial charge in [-0.1, -0.05) is 13.8 Å². The summed E-state index contributed by atoms with van der Waals surface area (Å²) in [6, 6.07) is 0. The zero-order valence-corrected chi connectivity index (χ0v) is 9.89. The summed E-state index contributed by atoms with van der Waals surface area (Å²) in [6.45, 7) is 7.70. The zero-order chi connectivity index (χ0) is 11.8. The van der Waals surface area contributed by atoms with Crippen molar-refractivity contribution in [3.8, 4) is 5.88 Å². The van der Waals surface area contributed by atoms with Crippen LogP contribution in [-0.4, -0.2) is 46.2 Å². The van der Waals surface area contributed by atoms with Crippen LogP contribution in [0.4, 0.5) is 0 Å². The summed E-state index contributed by atoms with van der Waals surface area (Å²) < 4.78 is 5.44. The molecule has 0 aliphatic rings. The largest absolute Gasteiger partial charge is 0.475 e. The number of aliphatic hydroxyl groups excluding tert-OH is 1. The molecule has 1 aromatic heterocycles. The van der Waals surface area contributed by atoms with Gasteiger partial charge in [0.25, 0.3) is 0 Å². The van der Waals surface area contributed by atoms with Gasteiger partial charge in [0.05, 0.1) is 24.7 Å². The number of aliphatic hydroxyl groups is 1. The van der Waals surface area contributed by atoms with E-state index in [4.69, 9.17) is 9.84 Å². The third-order valence-corrected chi connectivity index (χ3v) is 2.40. The number of aromatic nitrogens is 2. The Morgan fingerprint density at radius 2 is 2.00 bits per heavy atom. The molecule has 0 aliphatic heterocycles. The molecule has 0 saturated heterocycles. The van der Waals surface area contributed by atoms with E-state index in [0.29, 0.717) is 18.2 Å². The first-order valence-corrected chi connectivity index (χ1v) is 5.57. The van der Waals surface area contributed by atoms with Crippen molar-refractivity contribution in [2.24, 2.45) is 0 Å². The van der Waals surface area contributed by atoms with Crippen molar-refractivity contribution in [3.63, 3.8) is 0 Å². The van der Waals surface area contributed by atoms with Gasteiger partial charge in [0.15, 0.2) is 0 Å². The molecule has 0 bridgehead atoms. The number of hydrogen-bond donors (Lipinski definition) is 1. The van der Waals surface area contributed by atoms with E-state index in [0.717, 1.165) is 19.6 Å². The Morgan fingerprint density at radius 3 is 2.50 bits per heavy atom. The highest BCUT2D eigenvalue weighted by Crippen LogP contribution is 2.03. The van der Waals surface area contributed by atoms with Gasteiger partial charge in [-0.15, -0.1) is 0 Å². The van der Waals surface area contributed by atoms with Crippen molar-refractivity contribution < 1.29 is 9.84 Å². The Kier molecular flexibility index (Phi) is 5.74. The first kappa shape index (κ1) is 12.9. The minimum atomic E-state index is -0.0905. The second-order valence-corrected chi connectivity index (χ2v) is 3.38. The summed E-state index contributed by atoms with van der Waals surface area (Å²) in [5.41, 5.74) is 0.552. The molecule has 16 heavy (non-hydrogen) atoms. The van der Waals surface area contributed by atoms with Gasteiger partial charge in [-0.3, -0.25) is 4.98 Å². The summed E-state index contributed by atoms with van der Waals surface area (Å²) in [7, 11) is 0. The van der Waals surface area contributed by atoms with E-state index in [9.17, 15) is 0 Å². The van der Waals surface area contributed by atoms with E-state index >= 15 is 0 Å². The molecule has 5 heteroatoms. The van der Waals surface area contributed by atoms with Crippen molar-refractivity contribution in [3.05, 3.63) is 18.1 Å². The average molecular weight is 225 g/mol. The number of hydrogen-bond acceptors (Lipinski definition) is 5. The topological polar surface area (TPSA) is 58.5 Å². The second-order valence-electron chi connectivity index (χ2n) is 3.38. The Morgan fingerprint density at radius 1 is 1.25 bits per heavy atom. The Labute approximate surface area is 96.1 Å². The first-order chi connectivity index (χ1) is 7.80. The van der Waals surface area contributed by atoms with Gasteiger partial charge < -0.3 is 14.7 Å². The highest BCUT2D eigenvalue weighted by molar-refractivity contribution is 5.06. The van der Waals surface area contributed by atoms with Crippen LogP contribution < -0.4 is 4.74 Å². The molecule has 0 unspecified atom stereocenters. The summed E-state index contributed by atoms with van der Waals surface area (Å²) in [5, 5.41) is 8.79. The lowest BCUT2D eigenvalue weighted by atomic mass is 10.5. The molecule has 1 N–H and O–H groups in total. The molecule has 90 valence electrons. The van der Waals surface area contributed by atoms with Crippen LogP contribution in [0.15, 0.2) is 12.4 Å². The molecule has 0 aromatic carbocycles. The number of ether oxygens (including phenoxy) is 1. The van der Waals surface area contributed by atoms with E-state index < -0.39 is 0 Å². The minimum absolute atomic E-state index is 0.0905. The monoisotopic (exact) mass is 225 g/mol. The molecule has 0 spiro atoms. The van der Waals surface area contributed by atoms with Crippen LogP contribution >= 0.6 is 0 Å². The number of nitrogens with zero attached hydrogens (tertiary/aromatic N) is 3. The van der Waals surface area contributed by atoms with Crippen LogP contribution in [0.2, 0.25) is 0 Å². The van der Waals surface area contributed by atoms with Crippen molar-refractivity contribution >= 4 is 0 Å². The highest BCUT2D eigenvalue weighted by atomic mass is 16.5. The third kappa shape index (κ3) is 4.12. The highest BCUT2D eigenvalue weighted by Gasteiger charge is 2.00. The van der Waals surface area contributed by atoms with E-state index in [1.165, 1.54) is 12.4 Å². The lowest BCUT2D eigenvalue weighted by Crippen LogP contribution is -2.28. The van der Waals surface area contributed by atoms with E-state index in [-0.39, 0.29) is 6.61 Å². The molecular weight excluding hydrogens is 206 g/mol. The van der Waals surface area contributed by atoms with Crippen molar-refractivity contribution in [1.82, 2.24) is 14.9 Å². The lowest BCUT2D eigenvalue weighted by molar-refractivity contribution is 0.216. The van der Waals surface area contributed by atoms with Gasteiger partial charge in [0.2, 0.25) is 5.88 Å². The van der Waals surface area contributed by atoms with Crippen LogP contribution in [0.25, 0.3) is 0 Å². The lowest BCUT2D eigenvalue weighted by Gasteiger charge is -2.17. The third-order valence-electron chi connectivity index (χ3n) is 2.40. The first-order valence-electron chi connectivity index (χ1n) is 5.57. The van der Waals surface area contributed by atoms with Crippen molar-refractivity contribution in [1.29, 1.82) is 0 Å². The van der Waals surface area contributed by atoms with Crippen LogP contribution in [0.5, 0.6) is 5.88 Å². The van der Waals surface area contributed by atoms with E-state index in [1.54, 1.807) is 0 Å². The normalized spacial score (nSPS) is 10.8. The Bertz CT molecular complexity index is 286. The molecule has 0 aliphatic carbocycles. The fourth-order valence-electron chi connectivity index (χ4n) is 1.32. The van der Waals surface area contributed by atoms with E-state index in [1.807, 2.05) is 0 Å². The van der Waals surface area contributed by atoms with Gasteiger partial charge in [-0.05, 0) is 13.1 Å². The SMILES string of the molecule is CCN(CC)CCOc1cnc(CO)cn1. The fraction of sp³-hybridized carbons (Fsp3) is 0.636. The maximum atomic E-state index is 8.79. The summed E-state index contributed by atoms with van der Waals surface area (Å²) in [5.74, 6) is 0.504. The zero-order valence-electron chi connectivity index (χ0n) is 9.89. The standard InChI is InChI=1S/C11H19N3O2/c1-3-14(4-2)5-6-16-11-8-12-10(9-15)7-13-11/h7-8,15H,3-6,9H2,1-2H3. The Balaban J connectivity index is 2.31. The summed E-state index contributed by atoms with van der Waals surface area (Å²) in [4.78, 5) is 10.3. The van der Waals surface area contributed by atoms with Crippen molar-refractivity contribution in [2.45, 2.75) is 20.5 Å². The number of rotatable bonds is 7. The molecule has 1 aromatic rings. The van der Waals surface area contributed by atoms with Crippen LogP contribution in [0, 0.1) is 0 Å². The predicted molar refractivity (Wildman–Crippen MR) is 61.2 cm³/mol. The van der Waals surface area contributed by atoms with Gasteiger partial charge in [-0.25, -0.2) is 4.98 Å². The molecule has 0 radical (unpaired) electrons. The molecule has 0 saturated carbocycles. The smallest absolute Gasteiger partial charge is 0.232 e. The molecule has 0 fully saturated rings. The van der Waals surface area contributed by atoms with Crippen LogP contribution in [0.3, 0.4) is 0 Å². The maximum absolute atomic E-state index is 8.79. The molecular formula is C11H19N3O2. The predicted octanol–water partition coefficient (Wildman–Crippen LogP) is 0.689. The molecule has 1 heterocycles. The number of likely N-dealkylation sites (N-methyl/N-ethyl adjacent to an activating group) is 1. The molecule has 0 atom stereocenters.